The molecule has 1 unspecified atom stereocenters. The summed E-state index contributed by atoms with van der Waals surface area (Å²) < 4.78 is 11.8. The minimum Gasteiger partial charge on any atom is -0.349 e. The molecule has 2 rings (SSSR count). The van der Waals surface area contributed by atoms with Crippen LogP contribution >= 0.6 is 27.5 Å². The molecule has 1 aliphatic heterocycles. The number of benzene rings is 1. The maximum atomic E-state index is 12.0. The summed E-state index contributed by atoms with van der Waals surface area (Å²) in [7, 11) is 0. The van der Waals surface area contributed by atoms with Crippen molar-refractivity contribution in [2.24, 2.45) is 0 Å². The summed E-state index contributed by atoms with van der Waals surface area (Å²) in [6, 6.07) is 5.07. The van der Waals surface area contributed by atoms with E-state index < -0.39 is 5.79 Å². The number of halogens is 2. The van der Waals surface area contributed by atoms with Crippen LogP contribution in [0.1, 0.15) is 24.2 Å². The molecule has 19 heavy (non-hydrogen) atoms. The Kier molecular flexibility index (Phi) is 4.50. The van der Waals surface area contributed by atoms with Crippen LogP contribution in [-0.2, 0) is 9.47 Å². The molecule has 1 aromatic rings. The maximum Gasteiger partial charge on any atom is 0.251 e. The van der Waals surface area contributed by atoms with Crippen LogP contribution in [0.5, 0.6) is 0 Å². The Hall–Kier alpha value is -0.620. The van der Waals surface area contributed by atoms with Gasteiger partial charge in [0.25, 0.3) is 5.91 Å². The van der Waals surface area contributed by atoms with Gasteiger partial charge in [0.15, 0.2) is 5.79 Å². The van der Waals surface area contributed by atoms with E-state index in [-0.39, 0.29) is 12.0 Å². The van der Waals surface area contributed by atoms with Crippen molar-refractivity contribution in [3.05, 3.63) is 33.3 Å². The van der Waals surface area contributed by atoms with Gasteiger partial charge in [0.1, 0.15) is 6.10 Å². The zero-order valence-corrected chi connectivity index (χ0v) is 13.0. The predicted molar refractivity (Wildman–Crippen MR) is 76.4 cm³/mol. The Labute approximate surface area is 125 Å². The molecule has 6 heteroatoms. The molecule has 1 aliphatic rings. The summed E-state index contributed by atoms with van der Waals surface area (Å²) in [6.07, 6.45) is -0.124. The average Bonchev–Trinajstić information content (AvgIpc) is 2.64. The molecular formula is C13H15BrClNO3. The van der Waals surface area contributed by atoms with E-state index >= 15 is 0 Å². The second-order valence-corrected chi connectivity index (χ2v) is 6.17. The van der Waals surface area contributed by atoms with Crippen molar-refractivity contribution in [3.8, 4) is 0 Å². The minimum absolute atomic E-state index is 0.124. The number of carbonyl (C=O) groups excluding carboxylic acids is 1. The first-order valence-corrected chi connectivity index (χ1v) is 7.09. The zero-order chi connectivity index (χ0) is 14.0. The first-order valence-electron chi connectivity index (χ1n) is 5.92. The second kappa shape index (κ2) is 5.79. The minimum atomic E-state index is -0.575. The molecule has 0 saturated carbocycles. The van der Waals surface area contributed by atoms with E-state index in [1.54, 1.807) is 18.2 Å². The fraction of sp³-hybridized carbons (Fsp3) is 0.462. The number of nitrogens with one attached hydrogen (secondary N) is 1. The van der Waals surface area contributed by atoms with Gasteiger partial charge in [-0.3, -0.25) is 4.79 Å². The first kappa shape index (κ1) is 14.8. The molecule has 0 aromatic heterocycles. The lowest BCUT2D eigenvalue weighted by Gasteiger charge is -2.17. The van der Waals surface area contributed by atoms with Gasteiger partial charge in [0.2, 0.25) is 0 Å². The van der Waals surface area contributed by atoms with Gasteiger partial charge in [0.05, 0.1) is 6.61 Å². The van der Waals surface area contributed by atoms with Gasteiger partial charge in [-0.2, -0.15) is 0 Å². The van der Waals surface area contributed by atoms with Gasteiger partial charge in [-0.25, -0.2) is 0 Å². The molecule has 1 atom stereocenters. The van der Waals surface area contributed by atoms with Gasteiger partial charge in [0, 0.05) is 21.6 Å². The molecule has 4 nitrogen and oxygen atoms in total. The SMILES string of the molecule is CC1(C)OCC(CNC(=O)c2cc(Cl)cc(Br)c2)O1. The predicted octanol–water partition coefficient (Wildman–Crippen LogP) is 2.98. The molecule has 1 aromatic carbocycles. The van der Waals surface area contributed by atoms with Crippen molar-refractivity contribution in [1.29, 1.82) is 0 Å². The maximum absolute atomic E-state index is 12.0. The molecule has 0 radical (unpaired) electrons. The van der Waals surface area contributed by atoms with Crippen molar-refractivity contribution >= 4 is 33.4 Å². The third kappa shape index (κ3) is 4.18. The van der Waals surface area contributed by atoms with Gasteiger partial charge < -0.3 is 14.8 Å². The molecule has 1 fully saturated rings. The average molecular weight is 349 g/mol. The van der Waals surface area contributed by atoms with Crippen molar-refractivity contribution in [1.82, 2.24) is 5.32 Å². The van der Waals surface area contributed by atoms with Gasteiger partial charge >= 0.3 is 0 Å². The number of rotatable bonds is 3. The second-order valence-electron chi connectivity index (χ2n) is 4.82. The molecule has 0 aliphatic carbocycles. The molecule has 1 heterocycles. The van der Waals surface area contributed by atoms with E-state index in [4.69, 9.17) is 21.1 Å². The number of hydrogen-bond donors (Lipinski definition) is 1. The monoisotopic (exact) mass is 347 g/mol. The van der Waals surface area contributed by atoms with Gasteiger partial charge in [-0.05, 0) is 32.0 Å². The summed E-state index contributed by atoms with van der Waals surface area (Å²) in [5, 5.41) is 3.32. The summed E-state index contributed by atoms with van der Waals surface area (Å²) >= 11 is 9.21. The molecule has 1 saturated heterocycles. The third-order valence-electron chi connectivity index (χ3n) is 2.68. The van der Waals surface area contributed by atoms with E-state index in [0.717, 1.165) is 4.47 Å². The van der Waals surface area contributed by atoms with Crippen molar-refractivity contribution in [2.45, 2.75) is 25.7 Å². The van der Waals surface area contributed by atoms with E-state index in [1.165, 1.54) is 0 Å². The summed E-state index contributed by atoms with van der Waals surface area (Å²) in [5.74, 6) is -0.759. The first-order chi connectivity index (χ1) is 8.85. The largest absolute Gasteiger partial charge is 0.349 e. The smallest absolute Gasteiger partial charge is 0.251 e. The fourth-order valence-corrected chi connectivity index (χ4v) is 2.72. The highest BCUT2D eigenvalue weighted by Crippen LogP contribution is 2.22. The van der Waals surface area contributed by atoms with Crippen LogP contribution in [0, 0.1) is 0 Å². The highest BCUT2D eigenvalue weighted by atomic mass is 79.9. The van der Waals surface area contributed by atoms with Crippen LogP contribution in [0.15, 0.2) is 22.7 Å². The quantitative estimate of drug-likeness (QED) is 0.913. The molecular weight excluding hydrogens is 334 g/mol. The van der Waals surface area contributed by atoms with Crippen LogP contribution in [0.3, 0.4) is 0 Å². The molecule has 0 spiro atoms. The van der Waals surface area contributed by atoms with E-state index in [1.807, 2.05) is 13.8 Å². The van der Waals surface area contributed by atoms with E-state index in [0.29, 0.717) is 23.7 Å². The van der Waals surface area contributed by atoms with Crippen LogP contribution in [-0.4, -0.2) is 30.9 Å². The van der Waals surface area contributed by atoms with Gasteiger partial charge in [-0.1, -0.05) is 27.5 Å². The lowest BCUT2D eigenvalue weighted by Crippen LogP contribution is -2.34. The van der Waals surface area contributed by atoms with E-state index in [9.17, 15) is 4.79 Å². The Morgan fingerprint density at radius 2 is 2.26 bits per heavy atom. The van der Waals surface area contributed by atoms with Crippen LogP contribution in [0.4, 0.5) is 0 Å². The molecule has 104 valence electrons. The number of carbonyl (C=O) groups is 1. The molecule has 1 amide bonds. The lowest BCUT2D eigenvalue weighted by atomic mass is 10.2. The van der Waals surface area contributed by atoms with Gasteiger partial charge in [-0.15, -0.1) is 0 Å². The molecule has 0 bridgehead atoms. The van der Waals surface area contributed by atoms with Crippen LogP contribution < -0.4 is 5.32 Å². The van der Waals surface area contributed by atoms with Crippen molar-refractivity contribution in [2.75, 3.05) is 13.2 Å². The highest BCUT2D eigenvalue weighted by molar-refractivity contribution is 9.10. The standard InChI is InChI=1S/C13H15BrClNO3/c1-13(2)18-7-11(19-13)6-16-12(17)8-3-9(14)5-10(15)4-8/h3-5,11H,6-7H2,1-2H3,(H,16,17). The Balaban J connectivity index is 1.91. The van der Waals surface area contributed by atoms with Crippen molar-refractivity contribution < 1.29 is 14.3 Å². The number of ether oxygens (including phenoxy) is 2. The normalized spacial score (nSPS) is 21.4. The summed E-state index contributed by atoms with van der Waals surface area (Å²) in [6.45, 7) is 4.59. The third-order valence-corrected chi connectivity index (χ3v) is 3.36. The topological polar surface area (TPSA) is 47.6 Å². The molecule has 1 N–H and O–H groups in total. The summed E-state index contributed by atoms with van der Waals surface area (Å²) in [5.41, 5.74) is 0.512. The Morgan fingerprint density at radius 1 is 1.53 bits per heavy atom. The van der Waals surface area contributed by atoms with Crippen molar-refractivity contribution in [3.63, 3.8) is 0 Å². The highest BCUT2D eigenvalue weighted by Gasteiger charge is 2.32. The Bertz CT molecular complexity index is 473. The number of hydrogen-bond acceptors (Lipinski definition) is 3. The van der Waals surface area contributed by atoms with Crippen LogP contribution in [0.2, 0.25) is 5.02 Å². The fourth-order valence-electron chi connectivity index (χ4n) is 1.86. The van der Waals surface area contributed by atoms with Crippen LogP contribution in [0.25, 0.3) is 0 Å². The lowest BCUT2D eigenvalue weighted by molar-refractivity contribution is -0.137. The van der Waals surface area contributed by atoms with E-state index in [2.05, 4.69) is 21.2 Å². The Morgan fingerprint density at radius 3 is 2.84 bits per heavy atom. The summed E-state index contributed by atoms with van der Waals surface area (Å²) in [4.78, 5) is 12.0. The number of amides is 1. The zero-order valence-electron chi connectivity index (χ0n) is 10.7.